The van der Waals surface area contributed by atoms with Crippen LogP contribution in [0.1, 0.15) is 17.8 Å². The van der Waals surface area contributed by atoms with Gasteiger partial charge in [0, 0.05) is 31.4 Å². The zero-order valence-corrected chi connectivity index (χ0v) is 14.5. The average molecular weight is 355 g/mol. The number of aryl methyl sites for hydroxylation is 1. The molecule has 1 aromatic heterocycles. The van der Waals surface area contributed by atoms with Gasteiger partial charge in [-0.25, -0.2) is 18.4 Å². The Balaban J connectivity index is 1.55. The highest BCUT2D eigenvalue weighted by molar-refractivity contribution is 7.89. The molecule has 3 aliphatic heterocycles. The van der Waals surface area contributed by atoms with E-state index in [4.69, 9.17) is 5.26 Å². The number of piperazine rings is 1. The molecule has 0 N–H and O–H groups in total. The van der Waals surface area contributed by atoms with Gasteiger partial charge < -0.3 is 4.90 Å². The minimum absolute atomic E-state index is 0.0466. The highest BCUT2D eigenvalue weighted by atomic mass is 32.2. The number of sulfonamides is 1. The standard InChI is InChI=1S/C17H17N5O2S/c1-12-19-7-6-17(20-12)21-10-14-8-15(11-21)22(14)25(23,24)16-4-2-13(9-18)3-5-16/h2-7,14-15H,8,10-11H2,1H3. The molecule has 0 spiro atoms. The number of aromatic nitrogens is 2. The second-order valence-electron chi connectivity index (χ2n) is 6.38. The molecule has 0 radical (unpaired) electrons. The molecule has 2 atom stereocenters. The van der Waals surface area contributed by atoms with E-state index in [1.807, 2.05) is 19.1 Å². The molecule has 5 rings (SSSR count). The molecule has 0 amide bonds. The number of hydrogen-bond acceptors (Lipinski definition) is 6. The molecule has 3 aliphatic rings. The Kier molecular flexibility index (Phi) is 3.71. The minimum Gasteiger partial charge on any atom is -0.353 e. The third-order valence-electron chi connectivity index (χ3n) is 4.77. The minimum atomic E-state index is -3.54. The number of nitriles is 1. The molecular weight excluding hydrogens is 338 g/mol. The van der Waals surface area contributed by atoms with Gasteiger partial charge in [0.05, 0.1) is 16.5 Å². The predicted molar refractivity (Wildman–Crippen MR) is 91.4 cm³/mol. The summed E-state index contributed by atoms with van der Waals surface area (Å²) in [6.45, 7) is 3.10. The first-order valence-electron chi connectivity index (χ1n) is 8.07. The van der Waals surface area contributed by atoms with Crippen molar-refractivity contribution in [2.24, 2.45) is 0 Å². The molecule has 0 aliphatic carbocycles. The Labute approximate surface area is 146 Å². The van der Waals surface area contributed by atoms with Crippen LogP contribution in [0.4, 0.5) is 5.82 Å². The number of benzene rings is 1. The van der Waals surface area contributed by atoms with Crippen molar-refractivity contribution < 1.29 is 8.42 Å². The number of anilines is 1. The van der Waals surface area contributed by atoms with E-state index >= 15 is 0 Å². The summed E-state index contributed by atoms with van der Waals surface area (Å²) >= 11 is 0. The lowest BCUT2D eigenvalue weighted by molar-refractivity contribution is 0.0874. The maximum Gasteiger partial charge on any atom is 0.243 e. The van der Waals surface area contributed by atoms with Crippen molar-refractivity contribution in [2.75, 3.05) is 18.0 Å². The summed E-state index contributed by atoms with van der Waals surface area (Å²) in [5.74, 6) is 1.55. The van der Waals surface area contributed by atoms with Gasteiger partial charge in [0.2, 0.25) is 10.0 Å². The number of rotatable bonds is 3. The van der Waals surface area contributed by atoms with Gasteiger partial charge in [-0.05, 0) is 43.7 Å². The fourth-order valence-electron chi connectivity index (χ4n) is 3.60. The summed E-state index contributed by atoms with van der Waals surface area (Å²) in [6.07, 6.45) is 2.60. The Hall–Kier alpha value is -2.50. The van der Waals surface area contributed by atoms with Crippen molar-refractivity contribution in [2.45, 2.75) is 30.3 Å². The van der Waals surface area contributed by atoms with Gasteiger partial charge in [-0.3, -0.25) is 0 Å². The van der Waals surface area contributed by atoms with Crippen molar-refractivity contribution in [3.05, 3.63) is 47.9 Å². The Morgan fingerprint density at radius 2 is 1.84 bits per heavy atom. The third kappa shape index (κ3) is 2.65. The zero-order valence-electron chi connectivity index (χ0n) is 13.7. The van der Waals surface area contributed by atoms with Crippen LogP contribution >= 0.6 is 0 Å². The van der Waals surface area contributed by atoms with Crippen LogP contribution in [0.2, 0.25) is 0 Å². The summed E-state index contributed by atoms with van der Waals surface area (Å²) in [4.78, 5) is 10.9. The second kappa shape index (κ2) is 5.79. The molecule has 3 fully saturated rings. The van der Waals surface area contributed by atoms with Crippen LogP contribution in [-0.2, 0) is 10.0 Å². The van der Waals surface area contributed by atoms with Crippen LogP contribution in [0.5, 0.6) is 0 Å². The molecule has 2 bridgehead atoms. The molecule has 4 heterocycles. The van der Waals surface area contributed by atoms with Gasteiger partial charge in [-0.15, -0.1) is 0 Å². The maximum atomic E-state index is 12.9. The Morgan fingerprint density at radius 1 is 1.16 bits per heavy atom. The molecule has 25 heavy (non-hydrogen) atoms. The van der Waals surface area contributed by atoms with Crippen molar-refractivity contribution in [1.82, 2.24) is 14.3 Å². The molecule has 8 heteroatoms. The number of fused-ring (bicyclic) bond motifs is 2. The van der Waals surface area contributed by atoms with E-state index < -0.39 is 10.0 Å². The molecule has 128 valence electrons. The molecule has 0 saturated carbocycles. The van der Waals surface area contributed by atoms with E-state index in [0.717, 1.165) is 12.2 Å². The lowest BCUT2D eigenvalue weighted by atomic mass is 9.91. The predicted octanol–water partition coefficient (Wildman–Crippen LogP) is 1.31. The van der Waals surface area contributed by atoms with Gasteiger partial charge in [-0.1, -0.05) is 0 Å². The van der Waals surface area contributed by atoms with Crippen LogP contribution < -0.4 is 4.90 Å². The summed E-state index contributed by atoms with van der Waals surface area (Å²) in [5, 5.41) is 8.86. The van der Waals surface area contributed by atoms with Crippen molar-refractivity contribution in [3.63, 3.8) is 0 Å². The monoisotopic (exact) mass is 355 g/mol. The van der Waals surface area contributed by atoms with Gasteiger partial charge in [-0.2, -0.15) is 9.57 Å². The van der Waals surface area contributed by atoms with Gasteiger partial charge in [0.15, 0.2) is 0 Å². The molecule has 1 aromatic carbocycles. The first kappa shape index (κ1) is 16.0. The lowest BCUT2D eigenvalue weighted by Crippen LogP contribution is -2.70. The van der Waals surface area contributed by atoms with E-state index in [1.165, 1.54) is 12.1 Å². The van der Waals surface area contributed by atoms with Crippen molar-refractivity contribution >= 4 is 15.8 Å². The van der Waals surface area contributed by atoms with E-state index in [9.17, 15) is 8.42 Å². The smallest absolute Gasteiger partial charge is 0.243 e. The molecule has 2 unspecified atom stereocenters. The highest BCUT2D eigenvalue weighted by Crippen LogP contribution is 2.38. The van der Waals surface area contributed by atoms with Crippen LogP contribution in [-0.4, -0.2) is 47.9 Å². The van der Waals surface area contributed by atoms with Crippen LogP contribution in [0.25, 0.3) is 0 Å². The summed E-state index contributed by atoms with van der Waals surface area (Å²) in [5.41, 5.74) is 0.452. The fraction of sp³-hybridized carbons (Fsp3) is 0.353. The summed E-state index contributed by atoms with van der Waals surface area (Å²) < 4.78 is 27.5. The third-order valence-corrected chi connectivity index (χ3v) is 6.79. The molecule has 7 nitrogen and oxygen atoms in total. The highest BCUT2D eigenvalue weighted by Gasteiger charge is 2.51. The van der Waals surface area contributed by atoms with E-state index in [1.54, 1.807) is 22.6 Å². The van der Waals surface area contributed by atoms with E-state index in [2.05, 4.69) is 14.9 Å². The van der Waals surface area contributed by atoms with Crippen molar-refractivity contribution in [1.29, 1.82) is 5.26 Å². The van der Waals surface area contributed by atoms with Gasteiger partial charge in [0.1, 0.15) is 11.6 Å². The number of piperidine rings is 1. The second-order valence-corrected chi connectivity index (χ2v) is 8.22. The zero-order chi connectivity index (χ0) is 17.6. The van der Waals surface area contributed by atoms with Gasteiger partial charge >= 0.3 is 0 Å². The topological polar surface area (TPSA) is 90.2 Å². The van der Waals surface area contributed by atoms with Gasteiger partial charge in [0.25, 0.3) is 0 Å². The molecule has 3 saturated heterocycles. The van der Waals surface area contributed by atoms with Crippen LogP contribution in [0, 0.1) is 18.3 Å². The molecular formula is C17H17N5O2S. The summed E-state index contributed by atoms with van der Waals surface area (Å²) in [6, 6.07) is 9.86. The largest absolute Gasteiger partial charge is 0.353 e. The Morgan fingerprint density at radius 3 is 2.44 bits per heavy atom. The number of nitrogens with zero attached hydrogens (tertiary/aromatic N) is 5. The maximum absolute atomic E-state index is 12.9. The first-order chi connectivity index (χ1) is 12.0. The van der Waals surface area contributed by atoms with Crippen molar-refractivity contribution in [3.8, 4) is 6.07 Å². The van der Waals surface area contributed by atoms with Crippen LogP contribution in [0.3, 0.4) is 0 Å². The summed E-state index contributed by atoms with van der Waals surface area (Å²) in [7, 11) is -3.54. The quantitative estimate of drug-likeness (QED) is 0.824. The lowest BCUT2D eigenvalue weighted by Gasteiger charge is -2.55. The Bertz CT molecular complexity index is 940. The first-order valence-corrected chi connectivity index (χ1v) is 9.51. The normalized spacial score (nSPS) is 23.0. The SMILES string of the molecule is Cc1nccc(N2CC3CC(C2)N3S(=O)(=O)c2ccc(C#N)cc2)n1. The van der Waals surface area contributed by atoms with E-state index in [-0.39, 0.29) is 17.0 Å². The fourth-order valence-corrected chi connectivity index (χ4v) is 5.41. The van der Waals surface area contributed by atoms with Crippen LogP contribution in [0.15, 0.2) is 41.4 Å². The molecule has 2 aromatic rings. The van der Waals surface area contributed by atoms with E-state index in [0.29, 0.717) is 24.5 Å². The number of hydrogen-bond donors (Lipinski definition) is 0. The average Bonchev–Trinajstić information content (AvgIpc) is 2.61.